The number of hydrogen-bond donors (Lipinski definition) is 1. The number of nitrogens with one attached hydrogen (secondary N) is 1. The molecular formula is C16H21NO4. The van der Waals surface area contributed by atoms with Crippen molar-refractivity contribution < 1.29 is 19.1 Å². The Morgan fingerprint density at radius 3 is 2.71 bits per heavy atom. The molecule has 1 atom stereocenters. The molecule has 5 nitrogen and oxygen atoms in total. The Bertz CT molecular complexity index is 537. The van der Waals surface area contributed by atoms with Gasteiger partial charge < -0.3 is 14.8 Å². The molecule has 1 aromatic carbocycles. The molecule has 2 rings (SSSR count). The molecule has 1 aliphatic carbocycles. The molecule has 0 aromatic heterocycles. The Morgan fingerprint density at radius 1 is 1.33 bits per heavy atom. The highest BCUT2D eigenvalue weighted by molar-refractivity contribution is 5.84. The van der Waals surface area contributed by atoms with Gasteiger partial charge in [0.1, 0.15) is 5.75 Å². The molecule has 1 fully saturated rings. The summed E-state index contributed by atoms with van der Waals surface area (Å²) in [7, 11) is 0. The summed E-state index contributed by atoms with van der Waals surface area (Å²) in [5, 5.41) is 2.79. The van der Waals surface area contributed by atoms with Gasteiger partial charge in [0.15, 0.2) is 12.7 Å². The molecule has 1 amide bonds. The number of hydrogen-bond acceptors (Lipinski definition) is 4. The molecule has 114 valence electrons. The first-order valence-corrected chi connectivity index (χ1v) is 7.16. The summed E-state index contributed by atoms with van der Waals surface area (Å²) in [5.74, 6) is -0.144. The summed E-state index contributed by atoms with van der Waals surface area (Å²) >= 11 is 0. The van der Waals surface area contributed by atoms with Crippen molar-refractivity contribution in [1.29, 1.82) is 0 Å². The fraction of sp³-hybridized carbons (Fsp3) is 0.500. The predicted molar refractivity (Wildman–Crippen MR) is 78.1 cm³/mol. The highest BCUT2D eigenvalue weighted by Crippen LogP contribution is 2.20. The van der Waals surface area contributed by atoms with Crippen molar-refractivity contribution in [2.75, 3.05) is 6.61 Å². The van der Waals surface area contributed by atoms with E-state index < -0.39 is 12.1 Å². The number of aryl methyl sites for hydroxylation is 1. The average Bonchev–Trinajstić information content (AvgIpc) is 3.24. The lowest BCUT2D eigenvalue weighted by Crippen LogP contribution is -2.37. The zero-order chi connectivity index (χ0) is 15.4. The van der Waals surface area contributed by atoms with Gasteiger partial charge in [0, 0.05) is 6.04 Å². The lowest BCUT2D eigenvalue weighted by molar-refractivity contribution is -0.156. The van der Waals surface area contributed by atoms with Crippen LogP contribution in [0.3, 0.4) is 0 Å². The lowest BCUT2D eigenvalue weighted by atomic mass is 10.1. The van der Waals surface area contributed by atoms with Gasteiger partial charge >= 0.3 is 5.97 Å². The normalized spacial score (nSPS) is 15.2. The van der Waals surface area contributed by atoms with Crippen molar-refractivity contribution in [3.05, 3.63) is 29.3 Å². The Balaban J connectivity index is 1.78. The van der Waals surface area contributed by atoms with Gasteiger partial charge in [0.25, 0.3) is 5.91 Å². The number of esters is 1. The van der Waals surface area contributed by atoms with Crippen molar-refractivity contribution in [3.8, 4) is 5.75 Å². The van der Waals surface area contributed by atoms with Gasteiger partial charge in [-0.25, -0.2) is 4.79 Å². The minimum atomic E-state index is -0.791. The molecule has 0 unspecified atom stereocenters. The van der Waals surface area contributed by atoms with Crippen LogP contribution in [-0.4, -0.2) is 30.6 Å². The van der Waals surface area contributed by atoms with E-state index >= 15 is 0 Å². The van der Waals surface area contributed by atoms with Crippen LogP contribution in [0.5, 0.6) is 5.75 Å². The molecule has 1 saturated carbocycles. The Kier molecular flexibility index (Phi) is 4.83. The molecule has 0 saturated heterocycles. The molecule has 1 aromatic rings. The van der Waals surface area contributed by atoms with E-state index in [1.165, 1.54) is 0 Å². The minimum absolute atomic E-state index is 0.203. The third-order valence-corrected chi connectivity index (χ3v) is 3.50. The summed E-state index contributed by atoms with van der Waals surface area (Å²) < 4.78 is 10.5. The maximum atomic E-state index is 11.7. The largest absolute Gasteiger partial charge is 0.482 e. The van der Waals surface area contributed by atoms with E-state index in [0.29, 0.717) is 5.75 Å². The highest BCUT2D eigenvalue weighted by Gasteiger charge is 2.27. The van der Waals surface area contributed by atoms with Gasteiger partial charge in [-0.2, -0.15) is 0 Å². The number of benzene rings is 1. The second-order valence-corrected chi connectivity index (χ2v) is 5.40. The van der Waals surface area contributed by atoms with Crippen molar-refractivity contribution in [2.24, 2.45) is 0 Å². The average molecular weight is 291 g/mol. The van der Waals surface area contributed by atoms with Crippen LogP contribution in [0.1, 0.15) is 30.9 Å². The summed E-state index contributed by atoms with van der Waals surface area (Å²) in [6.07, 6.45) is 1.21. The third-order valence-electron chi connectivity index (χ3n) is 3.50. The van der Waals surface area contributed by atoms with Gasteiger partial charge in [-0.1, -0.05) is 12.1 Å². The zero-order valence-electron chi connectivity index (χ0n) is 12.6. The maximum absolute atomic E-state index is 11.7. The van der Waals surface area contributed by atoms with E-state index in [0.717, 1.165) is 24.0 Å². The first kappa shape index (κ1) is 15.4. The Hall–Kier alpha value is -2.04. The minimum Gasteiger partial charge on any atom is -0.482 e. The molecule has 0 aliphatic heterocycles. The molecule has 0 bridgehead atoms. The summed E-state index contributed by atoms with van der Waals surface area (Å²) in [5.41, 5.74) is 2.09. The van der Waals surface area contributed by atoms with E-state index in [1.807, 2.05) is 26.0 Å². The molecule has 5 heteroatoms. The second kappa shape index (κ2) is 6.61. The van der Waals surface area contributed by atoms with Crippen LogP contribution in [0.15, 0.2) is 18.2 Å². The molecule has 1 N–H and O–H groups in total. The van der Waals surface area contributed by atoms with Crippen molar-refractivity contribution in [2.45, 2.75) is 45.8 Å². The fourth-order valence-corrected chi connectivity index (χ4v) is 1.85. The Labute approximate surface area is 124 Å². The predicted octanol–water partition coefficient (Wildman–Crippen LogP) is 1.89. The van der Waals surface area contributed by atoms with Crippen molar-refractivity contribution in [3.63, 3.8) is 0 Å². The lowest BCUT2D eigenvalue weighted by Gasteiger charge is -2.14. The van der Waals surface area contributed by atoms with Gasteiger partial charge in [0.05, 0.1) is 0 Å². The maximum Gasteiger partial charge on any atom is 0.344 e. The third kappa shape index (κ3) is 4.48. The number of carbonyl (C=O) groups is 2. The van der Waals surface area contributed by atoms with E-state index in [1.54, 1.807) is 13.0 Å². The van der Waals surface area contributed by atoms with E-state index in [9.17, 15) is 9.59 Å². The van der Waals surface area contributed by atoms with Gasteiger partial charge in [-0.3, -0.25) is 4.79 Å². The number of carbonyl (C=O) groups excluding carboxylic acids is 2. The van der Waals surface area contributed by atoms with Crippen LogP contribution >= 0.6 is 0 Å². The van der Waals surface area contributed by atoms with Crippen LogP contribution in [-0.2, 0) is 14.3 Å². The standard InChI is InChI=1S/C16H21NO4/c1-10-5-4-6-14(11(10)2)20-9-15(18)21-12(3)16(19)17-13-7-8-13/h4-6,12-13H,7-9H2,1-3H3,(H,17,19)/t12-/m1/s1. The molecule has 21 heavy (non-hydrogen) atoms. The van der Waals surface area contributed by atoms with Crippen LogP contribution in [0.25, 0.3) is 0 Å². The number of amides is 1. The van der Waals surface area contributed by atoms with Gasteiger partial charge in [-0.05, 0) is 50.8 Å². The second-order valence-electron chi connectivity index (χ2n) is 5.40. The molecular weight excluding hydrogens is 270 g/mol. The summed E-state index contributed by atoms with van der Waals surface area (Å²) in [4.78, 5) is 23.4. The molecule has 0 spiro atoms. The van der Waals surface area contributed by atoms with Gasteiger partial charge in [-0.15, -0.1) is 0 Å². The quantitative estimate of drug-likeness (QED) is 0.813. The summed E-state index contributed by atoms with van der Waals surface area (Å²) in [6.45, 7) is 5.27. The zero-order valence-corrected chi connectivity index (χ0v) is 12.6. The van der Waals surface area contributed by atoms with E-state index in [2.05, 4.69) is 5.32 Å². The van der Waals surface area contributed by atoms with E-state index in [-0.39, 0.29) is 18.6 Å². The van der Waals surface area contributed by atoms with Gasteiger partial charge in [0.2, 0.25) is 0 Å². The van der Waals surface area contributed by atoms with Crippen molar-refractivity contribution in [1.82, 2.24) is 5.32 Å². The summed E-state index contributed by atoms with van der Waals surface area (Å²) in [6, 6.07) is 5.91. The SMILES string of the molecule is Cc1cccc(OCC(=O)O[C@H](C)C(=O)NC2CC2)c1C. The monoisotopic (exact) mass is 291 g/mol. The molecule has 1 aliphatic rings. The van der Waals surface area contributed by atoms with Crippen molar-refractivity contribution >= 4 is 11.9 Å². The van der Waals surface area contributed by atoms with Crippen LogP contribution in [0.4, 0.5) is 0 Å². The van der Waals surface area contributed by atoms with Crippen LogP contribution in [0, 0.1) is 13.8 Å². The first-order valence-electron chi connectivity index (χ1n) is 7.16. The Morgan fingerprint density at radius 2 is 2.05 bits per heavy atom. The smallest absolute Gasteiger partial charge is 0.344 e. The highest BCUT2D eigenvalue weighted by atomic mass is 16.6. The van der Waals surface area contributed by atoms with E-state index in [4.69, 9.17) is 9.47 Å². The van der Waals surface area contributed by atoms with Crippen LogP contribution < -0.4 is 10.1 Å². The van der Waals surface area contributed by atoms with Crippen LogP contribution in [0.2, 0.25) is 0 Å². The topological polar surface area (TPSA) is 64.6 Å². The number of ether oxygens (including phenoxy) is 2. The number of rotatable bonds is 6. The molecule has 0 heterocycles. The fourth-order valence-electron chi connectivity index (χ4n) is 1.85. The molecule has 0 radical (unpaired) electrons. The first-order chi connectivity index (χ1) is 9.97.